The zero-order chi connectivity index (χ0) is 9.68. The minimum absolute atomic E-state index is 0.0770. The van der Waals surface area contributed by atoms with Gasteiger partial charge in [0.2, 0.25) is 6.54 Å². The monoisotopic (exact) mass is 179 g/mol. The average Bonchev–Trinajstić information content (AvgIpc) is 2.08. The van der Waals surface area contributed by atoms with Crippen LogP contribution in [0.25, 0.3) is 0 Å². The lowest BCUT2D eigenvalue weighted by Crippen LogP contribution is -1.97. The van der Waals surface area contributed by atoms with Gasteiger partial charge in [-0.25, -0.2) is 0 Å². The van der Waals surface area contributed by atoms with E-state index in [1.54, 1.807) is 0 Å². The van der Waals surface area contributed by atoms with Gasteiger partial charge in [-0.1, -0.05) is 37.6 Å². The zero-order valence-corrected chi connectivity index (χ0v) is 7.69. The molecule has 0 aromatic heterocycles. The highest BCUT2D eigenvalue weighted by Crippen LogP contribution is 2.07. The third kappa shape index (κ3) is 3.23. The molecule has 0 bridgehead atoms. The van der Waals surface area contributed by atoms with Gasteiger partial charge in [0.25, 0.3) is 0 Å². The molecule has 0 amide bonds. The number of nitro groups is 1. The topological polar surface area (TPSA) is 43.1 Å². The van der Waals surface area contributed by atoms with Gasteiger partial charge in [-0.05, 0) is 12.0 Å². The van der Waals surface area contributed by atoms with Crippen LogP contribution in [0.4, 0.5) is 0 Å². The van der Waals surface area contributed by atoms with Crippen molar-refractivity contribution in [2.24, 2.45) is 0 Å². The highest BCUT2D eigenvalue weighted by molar-refractivity contribution is 5.21. The third-order valence-electron chi connectivity index (χ3n) is 1.87. The van der Waals surface area contributed by atoms with E-state index in [1.807, 2.05) is 24.3 Å². The van der Waals surface area contributed by atoms with Crippen molar-refractivity contribution in [1.82, 2.24) is 0 Å². The predicted octanol–water partition coefficient (Wildman–Crippen LogP) is 2.42. The molecule has 0 spiro atoms. The van der Waals surface area contributed by atoms with Crippen LogP contribution in [-0.4, -0.2) is 4.92 Å². The zero-order valence-electron chi connectivity index (χ0n) is 7.69. The van der Waals surface area contributed by atoms with Gasteiger partial charge < -0.3 is 0 Å². The van der Waals surface area contributed by atoms with Crippen LogP contribution in [0.5, 0.6) is 0 Å². The van der Waals surface area contributed by atoms with E-state index < -0.39 is 0 Å². The molecule has 1 aromatic rings. The van der Waals surface area contributed by atoms with Gasteiger partial charge in [-0.15, -0.1) is 0 Å². The Morgan fingerprint density at radius 3 is 2.23 bits per heavy atom. The molecular weight excluding hydrogens is 166 g/mol. The van der Waals surface area contributed by atoms with Crippen LogP contribution in [0.15, 0.2) is 24.3 Å². The Morgan fingerprint density at radius 1 is 1.23 bits per heavy atom. The van der Waals surface area contributed by atoms with Gasteiger partial charge in [0.05, 0.1) is 0 Å². The van der Waals surface area contributed by atoms with Crippen molar-refractivity contribution < 1.29 is 4.92 Å². The summed E-state index contributed by atoms with van der Waals surface area (Å²) in [6, 6.07) is 7.58. The number of hydrogen-bond acceptors (Lipinski definition) is 2. The lowest BCUT2D eigenvalue weighted by atomic mass is 10.1. The normalized spacial score (nSPS) is 9.92. The number of nitrogens with zero attached hydrogens (tertiary/aromatic N) is 1. The van der Waals surface area contributed by atoms with Crippen LogP contribution >= 0.6 is 0 Å². The smallest absolute Gasteiger partial charge is 0.228 e. The summed E-state index contributed by atoms with van der Waals surface area (Å²) in [5, 5.41) is 10.2. The summed E-state index contributed by atoms with van der Waals surface area (Å²) in [5.74, 6) is 0. The van der Waals surface area contributed by atoms with E-state index in [2.05, 4.69) is 6.92 Å². The second-order valence-electron chi connectivity index (χ2n) is 3.06. The molecule has 0 unspecified atom stereocenters. The van der Waals surface area contributed by atoms with Crippen molar-refractivity contribution in [3.63, 3.8) is 0 Å². The summed E-state index contributed by atoms with van der Waals surface area (Å²) in [4.78, 5) is 9.87. The molecule has 0 aliphatic carbocycles. The molecular formula is C10H13NO2. The lowest BCUT2D eigenvalue weighted by Gasteiger charge is -1.99. The van der Waals surface area contributed by atoms with Crippen LogP contribution in [0.2, 0.25) is 0 Å². The first kappa shape index (κ1) is 9.71. The van der Waals surface area contributed by atoms with Gasteiger partial charge >= 0.3 is 0 Å². The molecule has 13 heavy (non-hydrogen) atoms. The maximum atomic E-state index is 10.2. The van der Waals surface area contributed by atoms with Crippen molar-refractivity contribution in [2.75, 3.05) is 0 Å². The molecule has 1 aromatic carbocycles. The summed E-state index contributed by atoms with van der Waals surface area (Å²) < 4.78 is 0. The summed E-state index contributed by atoms with van der Waals surface area (Å²) in [5.41, 5.74) is 2.01. The molecule has 0 heterocycles. The molecule has 0 saturated carbocycles. The van der Waals surface area contributed by atoms with E-state index in [-0.39, 0.29) is 11.5 Å². The molecule has 1 rings (SSSR count). The Bertz CT molecular complexity index is 279. The van der Waals surface area contributed by atoms with Crippen molar-refractivity contribution >= 4 is 0 Å². The maximum absolute atomic E-state index is 10.2. The Kier molecular flexibility index (Phi) is 3.43. The second-order valence-corrected chi connectivity index (χ2v) is 3.06. The average molecular weight is 179 g/mol. The number of hydrogen-bond donors (Lipinski definition) is 0. The van der Waals surface area contributed by atoms with E-state index in [0.29, 0.717) is 0 Å². The minimum Gasteiger partial charge on any atom is -0.264 e. The first-order valence-electron chi connectivity index (χ1n) is 4.42. The van der Waals surface area contributed by atoms with Crippen LogP contribution in [-0.2, 0) is 13.0 Å². The number of rotatable bonds is 4. The van der Waals surface area contributed by atoms with Crippen LogP contribution < -0.4 is 0 Å². The fraction of sp³-hybridized carbons (Fsp3) is 0.400. The second kappa shape index (κ2) is 4.60. The molecule has 70 valence electrons. The van der Waals surface area contributed by atoms with Crippen molar-refractivity contribution in [3.8, 4) is 0 Å². The Morgan fingerprint density at radius 2 is 1.77 bits per heavy atom. The summed E-state index contributed by atoms with van der Waals surface area (Å²) in [7, 11) is 0. The minimum atomic E-state index is -0.311. The van der Waals surface area contributed by atoms with Gasteiger partial charge in [0.1, 0.15) is 0 Å². The first-order valence-corrected chi connectivity index (χ1v) is 4.42. The van der Waals surface area contributed by atoms with Crippen molar-refractivity contribution in [1.29, 1.82) is 0 Å². The predicted molar refractivity (Wildman–Crippen MR) is 51.1 cm³/mol. The summed E-state index contributed by atoms with van der Waals surface area (Å²) >= 11 is 0. The fourth-order valence-corrected chi connectivity index (χ4v) is 1.25. The molecule has 0 aliphatic rings. The standard InChI is InChI=1S/C10H13NO2/c1-2-3-9-4-6-10(7-5-9)8-11(12)13/h4-7H,2-3,8H2,1H3. The van der Waals surface area contributed by atoms with E-state index in [4.69, 9.17) is 0 Å². The van der Waals surface area contributed by atoms with E-state index in [1.165, 1.54) is 5.56 Å². The van der Waals surface area contributed by atoms with E-state index in [9.17, 15) is 10.1 Å². The van der Waals surface area contributed by atoms with Gasteiger partial charge in [0, 0.05) is 10.5 Å². The lowest BCUT2D eigenvalue weighted by molar-refractivity contribution is -0.496. The highest BCUT2D eigenvalue weighted by Gasteiger charge is 2.00. The van der Waals surface area contributed by atoms with Crippen molar-refractivity contribution in [3.05, 3.63) is 45.5 Å². The number of aryl methyl sites for hydroxylation is 1. The van der Waals surface area contributed by atoms with Gasteiger partial charge in [0.15, 0.2) is 0 Å². The quantitative estimate of drug-likeness (QED) is 0.526. The Balaban J connectivity index is 2.64. The van der Waals surface area contributed by atoms with E-state index >= 15 is 0 Å². The fourth-order valence-electron chi connectivity index (χ4n) is 1.25. The molecule has 0 fully saturated rings. The summed E-state index contributed by atoms with van der Waals surface area (Å²) in [6.07, 6.45) is 2.15. The SMILES string of the molecule is CCCc1ccc(C[N+](=O)[O-])cc1. The Labute approximate surface area is 77.5 Å². The molecule has 0 aliphatic heterocycles. The van der Waals surface area contributed by atoms with Gasteiger partial charge in [-0.3, -0.25) is 10.1 Å². The largest absolute Gasteiger partial charge is 0.264 e. The molecule has 0 atom stereocenters. The Hall–Kier alpha value is -1.38. The maximum Gasteiger partial charge on any atom is 0.228 e. The summed E-state index contributed by atoms with van der Waals surface area (Å²) in [6.45, 7) is 2.04. The molecule has 0 saturated heterocycles. The highest BCUT2D eigenvalue weighted by atomic mass is 16.6. The van der Waals surface area contributed by atoms with Crippen LogP contribution in [0.3, 0.4) is 0 Å². The molecule has 3 heteroatoms. The van der Waals surface area contributed by atoms with Crippen molar-refractivity contribution in [2.45, 2.75) is 26.3 Å². The van der Waals surface area contributed by atoms with Crippen LogP contribution in [0, 0.1) is 10.1 Å². The third-order valence-corrected chi connectivity index (χ3v) is 1.87. The van der Waals surface area contributed by atoms with Gasteiger partial charge in [-0.2, -0.15) is 0 Å². The first-order chi connectivity index (χ1) is 6.22. The number of benzene rings is 1. The molecule has 0 N–H and O–H groups in total. The molecule has 3 nitrogen and oxygen atoms in total. The van der Waals surface area contributed by atoms with E-state index in [0.717, 1.165) is 18.4 Å². The van der Waals surface area contributed by atoms with Crippen LogP contribution in [0.1, 0.15) is 24.5 Å². The molecule has 0 radical (unpaired) electrons.